The summed E-state index contributed by atoms with van der Waals surface area (Å²) in [6.07, 6.45) is 0. The van der Waals surface area contributed by atoms with Crippen LogP contribution in [0.3, 0.4) is 0 Å². The number of benzene rings is 3. The third-order valence-electron chi connectivity index (χ3n) is 6.76. The van der Waals surface area contributed by atoms with E-state index in [4.69, 9.17) is 11.6 Å². The Labute approximate surface area is 243 Å². The second-order valence-electron chi connectivity index (χ2n) is 9.21. The molecule has 0 spiro atoms. The van der Waals surface area contributed by atoms with E-state index in [1.165, 1.54) is 16.2 Å². The number of nitrogens with zero attached hydrogens (tertiary/aromatic N) is 3. The van der Waals surface area contributed by atoms with Gasteiger partial charge in [0.1, 0.15) is 5.69 Å². The van der Waals surface area contributed by atoms with Gasteiger partial charge in [0.15, 0.2) is 0 Å². The number of halogens is 2. The monoisotopic (exact) mass is 621 g/mol. The summed E-state index contributed by atoms with van der Waals surface area (Å²) in [7, 11) is 1.53. The summed E-state index contributed by atoms with van der Waals surface area (Å²) in [5.41, 5.74) is 2.32. The van der Waals surface area contributed by atoms with Crippen LogP contribution >= 0.6 is 27.5 Å². The largest absolute Gasteiger partial charge is 0.355 e. The SMILES string of the molecule is CNC(=O)c1ccc(-n2c(C(=O)NCc3ccccc3)c3n(c2=O)CCN(C(=O)c2ccc(Br)c(Cl)c2)C3)cc1. The van der Waals surface area contributed by atoms with E-state index in [0.717, 1.165) is 5.56 Å². The van der Waals surface area contributed by atoms with E-state index in [0.29, 0.717) is 32.0 Å². The minimum absolute atomic E-state index is 0.0547. The highest BCUT2D eigenvalue weighted by Crippen LogP contribution is 2.26. The van der Waals surface area contributed by atoms with Crippen LogP contribution < -0.4 is 16.3 Å². The van der Waals surface area contributed by atoms with Crippen molar-refractivity contribution in [3.63, 3.8) is 0 Å². The van der Waals surface area contributed by atoms with Crippen LogP contribution in [0.2, 0.25) is 5.02 Å². The Hall–Kier alpha value is -4.15. The second kappa shape index (κ2) is 11.5. The molecule has 204 valence electrons. The molecule has 3 amide bonds. The molecule has 0 unspecified atom stereocenters. The van der Waals surface area contributed by atoms with Gasteiger partial charge >= 0.3 is 5.69 Å². The summed E-state index contributed by atoms with van der Waals surface area (Å²) in [5.74, 6) is -0.976. The Kier molecular flexibility index (Phi) is 7.90. The lowest BCUT2D eigenvalue weighted by atomic mass is 10.1. The fraction of sp³-hybridized carbons (Fsp3) is 0.172. The summed E-state index contributed by atoms with van der Waals surface area (Å²) in [5, 5.41) is 5.89. The van der Waals surface area contributed by atoms with E-state index < -0.39 is 11.6 Å². The zero-order chi connectivity index (χ0) is 28.4. The number of hydrogen-bond acceptors (Lipinski definition) is 4. The molecule has 2 heterocycles. The molecule has 1 aliphatic rings. The lowest BCUT2D eigenvalue weighted by molar-refractivity contribution is 0.0706. The Balaban J connectivity index is 1.54. The Bertz CT molecular complexity index is 1660. The van der Waals surface area contributed by atoms with Crippen LogP contribution in [0, 0.1) is 0 Å². The maximum absolute atomic E-state index is 13.7. The summed E-state index contributed by atoms with van der Waals surface area (Å²) in [6.45, 7) is 0.809. The van der Waals surface area contributed by atoms with Gasteiger partial charge in [0.25, 0.3) is 17.7 Å². The number of carbonyl (C=O) groups is 3. The zero-order valence-corrected chi connectivity index (χ0v) is 23.8. The van der Waals surface area contributed by atoms with Crippen molar-refractivity contribution in [1.29, 1.82) is 0 Å². The minimum Gasteiger partial charge on any atom is -0.355 e. The molecule has 5 rings (SSSR count). The van der Waals surface area contributed by atoms with Gasteiger partial charge in [-0.3, -0.25) is 23.5 Å². The van der Waals surface area contributed by atoms with Crippen LogP contribution in [0.4, 0.5) is 0 Å². The van der Waals surface area contributed by atoms with Gasteiger partial charge in [0, 0.05) is 42.3 Å². The van der Waals surface area contributed by atoms with E-state index in [9.17, 15) is 19.2 Å². The molecule has 0 bridgehead atoms. The average molecular weight is 623 g/mol. The van der Waals surface area contributed by atoms with Gasteiger partial charge in [0.05, 0.1) is 22.9 Å². The van der Waals surface area contributed by atoms with Crippen molar-refractivity contribution in [2.75, 3.05) is 13.6 Å². The van der Waals surface area contributed by atoms with Crippen molar-refractivity contribution >= 4 is 45.3 Å². The molecule has 11 heteroatoms. The number of aromatic nitrogens is 2. The molecule has 1 aromatic heterocycles. The van der Waals surface area contributed by atoms with Crippen LogP contribution in [-0.2, 0) is 19.6 Å². The lowest BCUT2D eigenvalue weighted by Gasteiger charge is -2.28. The van der Waals surface area contributed by atoms with Crippen LogP contribution in [0.5, 0.6) is 0 Å². The van der Waals surface area contributed by atoms with Crippen molar-refractivity contribution in [2.45, 2.75) is 19.6 Å². The van der Waals surface area contributed by atoms with Crippen molar-refractivity contribution in [1.82, 2.24) is 24.7 Å². The number of rotatable bonds is 6. The maximum atomic E-state index is 13.7. The first-order valence-corrected chi connectivity index (χ1v) is 13.7. The fourth-order valence-corrected chi connectivity index (χ4v) is 5.11. The first-order valence-electron chi connectivity index (χ1n) is 12.5. The molecule has 9 nitrogen and oxygen atoms in total. The Morgan fingerprint density at radius 3 is 2.30 bits per heavy atom. The number of hydrogen-bond donors (Lipinski definition) is 2. The van der Waals surface area contributed by atoms with Gasteiger partial charge in [-0.05, 0) is 64.0 Å². The molecular formula is C29H25BrClN5O4. The highest BCUT2D eigenvalue weighted by Gasteiger charge is 2.32. The highest BCUT2D eigenvalue weighted by molar-refractivity contribution is 9.10. The molecule has 1 aliphatic heterocycles. The predicted octanol–water partition coefficient (Wildman–Crippen LogP) is 4.00. The van der Waals surface area contributed by atoms with Crippen molar-refractivity contribution in [2.24, 2.45) is 0 Å². The minimum atomic E-state index is -0.453. The van der Waals surface area contributed by atoms with E-state index in [2.05, 4.69) is 26.6 Å². The van der Waals surface area contributed by atoms with Crippen LogP contribution in [-0.4, -0.2) is 45.3 Å². The van der Waals surface area contributed by atoms with Gasteiger partial charge in [-0.1, -0.05) is 41.9 Å². The molecular weight excluding hydrogens is 598 g/mol. The number of nitrogens with one attached hydrogen (secondary N) is 2. The zero-order valence-electron chi connectivity index (χ0n) is 21.5. The van der Waals surface area contributed by atoms with Gasteiger partial charge in [-0.2, -0.15) is 0 Å². The molecule has 0 radical (unpaired) electrons. The summed E-state index contributed by atoms with van der Waals surface area (Å²) in [6, 6.07) is 20.8. The van der Waals surface area contributed by atoms with Gasteiger partial charge < -0.3 is 15.5 Å². The number of imidazole rings is 1. The average Bonchev–Trinajstić information content (AvgIpc) is 3.28. The normalized spacial score (nSPS) is 12.5. The van der Waals surface area contributed by atoms with Crippen LogP contribution in [0.15, 0.2) is 82.1 Å². The second-order valence-corrected chi connectivity index (χ2v) is 10.5. The number of fused-ring (bicyclic) bond motifs is 1. The fourth-order valence-electron chi connectivity index (χ4n) is 4.69. The highest BCUT2D eigenvalue weighted by atomic mass is 79.9. The quantitative estimate of drug-likeness (QED) is 0.339. The Morgan fingerprint density at radius 2 is 1.62 bits per heavy atom. The van der Waals surface area contributed by atoms with Gasteiger partial charge in [-0.25, -0.2) is 4.79 Å². The predicted molar refractivity (Wildman–Crippen MR) is 155 cm³/mol. The third kappa shape index (κ3) is 5.32. The van der Waals surface area contributed by atoms with Crippen molar-refractivity contribution < 1.29 is 14.4 Å². The lowest BCUT2D eigenvalue weighted by Crippen LogP contribution is -2.41. The summed E-state index contributed by atoms with van der Waals surface area (Å²) >= 11 is 9.56. The number of amides is 3. The smallest absolute Gasteiger partial charge is 0.333 e. The molecule has 2 N–H and O–H groups in total. The Morgan fingerprint density at radius 1 is 0.925 bits per heavy atom. The summed E-state index contributed by atoms with van der Waals surface area (Å²) in [4.78, 5) is 54.3. The third-order valence-corrected chi connectivity index (χ3v) is 7.99. The first-order chi connectivity index (χ1) is 19.3. The van der Waals surface area contributed by atoms with Crippen LogP contribution in [0.25, 0.3) is 5.69 Å². The molecule has 4 aromatic rings. The molecule has 0 atom stereocenters. The van der Waals surface area contributed by atoms with E-state index in [1.807, 2.05) is 30.3 Å². The molecule has 3 aromatic carbocycles. The van der Waals surface area contributed by atoms with E-state index in [-0.39, 0.29) is 43.7 Å². The van der Waals surface area contributed by atoms with Gasteiger partial charge in [0.2, 0.25) is 0 Å². The number of carbonyl (C=O) groups excluding carboxylic acids is 3. The van der Waals surface area contributed by atoms with E-state index >= 15 is 0 Å². The van der Waals surface area contributed by atoms with Crippen LogP contribution in [0.1, 0.15) is 42.5 Å². The first kappa shape index (κ1) is 27.4. The molecule has 40 heavy (non-hydrogen) atoms. The molecule has 0 saturated heterocycles. The molecule has 0 saturated carbocycles. The van der Waals surface area contributed by atoms with Crippen molar-refractivity contribution in [3.05, 3.63) is 121 Å². The maximum Gasteiger partial charge on any atom is 0.333 e. The standard InChI is InChI=1S/C29H25BrClN5O4/c1-32-26(37)19-7-10-21(11-8-19)36-25(27(38)33-16-18-5-3-2-4-6-18)24-17-34(13-14-35(24)29(36)40)28(39)20-9-12-22(30)23(31)15-20/h2-12,15H,13-14,16-17H2,1H3,(H,32,37)(H,33,38). The van der Waals surface area contributed by atoms with Crippen molar-refractivity contribution in [3.8, 4) is 5.69 Å². The molecule has 0 fully saturated rings. The molecule has 0 aliphatic carbocycles. The topological polar surface area (TPSA) is 105 Å². The summed E-state index contributed by atoms with van der Waals surface area (Å²) < 4.78 is 3.55. The van der Waals surface area contributed by atoms with E-state index in [1.54, 1.807) is 47.4 Å². The van der Waals surface area contributed by atoms with Gasteiger partial charge in [-0.15, -0.1) is 0 Å².